The molecule has 0 radical (unpaired) electrons. The van der Waals surface area contributed by atoms with Gasteiger partial charge in [0, 0.05) is 98.9 Å². The number of phenols is 2. The molecule has 22 heteroatoms. The molecule has 1 aliphatic carbocycles. The normalized spacial score (nSPS) is 11.7. The smallest absolute Gasteiger partial charge is 0.488 e. The molecule has 416 valence electrons. The van der Waals surface area contributed by atoms with E-state index >= 15 is 0 Å². The summed E-state index contributed by atoms with van der Waals surface area (Å²) in [5.74, 6) is -4.03. The van der Waals surface area contributed by atoms with Crippen LogP contribution < -0.4 is 31.6 Å². The van der Waals surface area contributed by atoms with Gasteiger partial charge in [0.15, 0.2) is 23.1 Å². The maximum atomic E-state index is 12.8. The number of carbonyl (C=O) groups excluding carboxylic acids is 5. The molecule has 0 saturated heterocycles. The van der Waals surface area contributed by atoms with Gasteiger partial charge >= 0.3 is 14.2 Å². The lowest BCUT2D eigenvalue weighted by Crippen LogP contribution is -2.36. The minimum Gasteiger partial charge on any atom is -0.504 e. The Labute approximate surface area is 461 Å². The summed E-state index contributed by atoms with van der Waals surface area (Å²) in [6.07, 6.45) is 1.64. The SMILES string of the molecule is C=C(C)C(=O)NCCCN(Cc1ccc(CN(CCCNC(=O)C(=C)C)Cc2ccccc2B(O)O)cc1)Cc1ccccc1B(O)O.C=C(C)C(=O)NCCCNS(=O)(=O)c1cc2c(c(O)c1O)C(=O)c1ccccc1C2=O. The van der Waals surface area contributed by atoms with E-state index in [0.717, 1.165) is 28.3 Å². The molecule has 79 heavy (non-hydrogen) atoms. The summed E-state index contributed by atoms with van der Waals surface area (Å²) >= 11 is 0. The third-order valence-corrected chi connectivity index (χ3v) is 14.1. The standard InChI is InChI=1S/C36H48B2N4O6.C21H20N2O7S/c1-27(2)35(43)39-19-9-21-41(25-31-11-5-7-13-33(31)37(45)46)23-29-15-17-30(18-16-29)24-42(22-10-20-40-36(44)28(3)4)26-32-12-6-8-14-34(32)38(47)48;1-11(2)21(28)22-8-5-9-23-31(29,30)15-10-14-16(20(27)19(15)26)18(25)13-7-4-3-6-12(13)17(14)24/h5-8,11-18,45-48H,1,3,9-10,19-26H2,2,4H3,(H,39,43)(H,40,44);3-4,6-7,10,23,26-27H,1,5,8-9H2,2H3,(H,22,28). The molecule has 6 rings (SSSR count). The highest BCUT2D eigenvalue weighted by atomic mass is 32.2. The summed E-state index contributed by atoms with van der Waals surface area (Å²) in [5, 5.41) is 68.6. The third-order valence-electron chi connectivity index (χ3n) is 12.7. The number of aromatic hydroxyl groups is 2. The van der Waals surface area contributed by atoms with E-state index in [2.05, 4.69) is 74.5 Å². The van der Waals surface area contributed by atoms with Crippen LogP contribution in [0.15, 0.2) is 144 Å². The number of sulfonamides is 1. The number of ketones is 2. The molecular weight excluding hydrogens is 1030 g/mol. The highest BCUT2D eigenvalue weighted by Crippen LogP contribution is 2.42. The molecule has 5 aromatic carbocycles. The van der Waals surface area contributed by atoms with Crippen molar-refractivity contribution in [3.63, 3.8) is 0 Å². The molecule has 0 saturated carbocycles. The second kappa shape index (κ2) is 29.4. The van der Waals surface area contributed by atoms with E-state index in [1.165, 1.54) is 19.1 Å². The lowest BCUT2D eigenvalue weighted by molar-refractivity contribution is -0.118. The number of carbonyl (C=O) groups is 5. The van der Waals surface area contributed by atoms with E-state index in [-0.39, 0.29) is 53.9 Å². The largest absolute Gasteiger partial charge is 0.504 e. The van der Waals surface area contributed by atoms with Gasteiger partial charge in [0.05, 0.1) is 5.56 Å². The Balaban J connectivity index is 0.000000318. The van der Waals surface area contributed by atoms with Crippen LogP contribution >= 0.6 is 0 Å². The summed E-state index contributed by atoms with van der Waals surface area (Å²) in [5.41, 5.74) is 5.33. The van der Waals surface area contributed by atoms with Gasteiger partial charge in [-0.3, -0.25) is 33.8 Å². The number of benzene rings is 5. The quantitative estimate of drug-likeness (QED) is 0.0153. The van der Waals surface area contributed by atoms with E-state index in [1.54, 1.807) is 50.2 Å². The molecule has 3 amide bonds. The summed E-state index contributed by atoms with van der Waals surface area (Å²) in [4.78, 5) is 64.5. The maximum Gasteiger partial charge on any atom is 0.488 e. The molecule has 10 N–H and O–H groups in total. The van der Waals surface area contributed by atoms with E-state index in [0.29, 0.717) is 92.8 Å². The number of phenolic OH excluding ortho intramolecular Hbond substituents is 2. The molecule has 19 nitrogen and oxygen atoms in total. The Kier molecular flexibility index (Phi) is 23.2. The van der Waals surface area contributed by atoms with Crippen LogP contribution in [0, 0.1) is 0 Å². The van der Waals surface area contributed by atoms with Crippen LogP contribution in [0.2, 0.25) is 0 Å². The Morgan fingerprint density at radius 2 is 0.911 bits per heavy atom. The Bertz CT molecular complexity index is 3060. The highest BCUT2D eigenvalue weighted by molar-refractivity contribution is 7.89. The number of nitrogens with zero attached hydrogens (tertiary/aromatic N) is 2. The van der Waals surface area contributed by atoms with Gasteiger partial charge in [-0.05, 0) is 79.3 Å². The number of rotatable bonds is 27. The number of fused-ring (bicyclic) bond motifs is 2. The minimum atomic E-state index is -4.34. The monoisotopic (exact) mass is 1100 g/mol. The van der Waals surface area contributed by atoms with Gasteiger partial charge in [-0.1, -0.05) is 117 Å². The summed E-state index contributed by atoms with van der Waals surface area (Å²) in [6.45, 7) is 20.4. The van der Waals surface area contributed by atoms with Gasteiger partial charge in [-0.2, -0.15) is 0 Å². The van der Waals surface area contributed by atoms with Gasteiger partial charge in [0.1, 0.15) is 4.90 Å². The molecule has 0 unspecified atom stereocenters. The predicted molar refractivity (Wildman–Crippen MR) is 303 cm³/mol. The van der Waals surface area contributed by atoms with Crippen molar-refractivity contribution in [3.05, 3.63) is 184 Å². The van der Waals surface area contributed by atoms with Crippen molar-refractivity contribution in [1.82, 2.24) is 30.5 Å². The molecule has 0 atom stereocenters. The zero-order valence-electron chi connectivity index (χ0n) is 44.6. The van der Waals surface area contributed by atoms with Crippen molar-refractivity contribution < 1.29 is 62.7 Å². The second-order valence-corrected chi connectivity index (χ2v) is 20.9. The Hall–Kier alpha value is -7.53. The Morgan fingerprint density at radius 1 is 0.519 bits per heavy atom. The molecule has 0 spiro atoms. The molecule has 0 heterocycles. The second-order valence-electron chi connectivity index (χ2n) is 19.1. The first-order valence-corrected chi connectivity index (χ1v) is 27.0. The van der Waals surface area contributed by atoms with Crippen molar-refractivity contribution in [2.45, 2.75) is 71.1 Å². The average Bonchev–Trinajstić information content (AvgIpc) is 3.51. The van der Waals surface area contributed by atoms with Crippen molar-refractivity contribution >= 4 is 64.5 Å². The van der Waals surface area contributed by atoms with Crippen LogP contribution in [0.1, 0.15) is 94.1 Å². The molecule has 1 aliphatic rings. The molecular formula is C57H68B2N6O13S. The fourth-order valence-electron chi connectivity index (χ4n) is 8.48. The van der Waals surface area contributed by atoms with Crippen LogP contribution in [-0.4, -0.2) is 131 Å². The maximum absolute atomic E-state index is 12.8. The molecule has 0 fully saturated rings. The van der Waals surface area contributed by atoms with Crippen LogP contribution in [0.3, 0.4) is 0 Å². The van der Waals surface area contributed by atoms with Crippen LogP contribution in [0.4, 0.5) is 0 Å². The Morgan fingerprint density at radius 3 is 1.33 bits per heavy atom. The number of nitrogens with one attached hydrogen (secondary N) is 4. The van der Waals surface area contributed by atoms with Gasteiger partial charge in [0.2, 0.25) is 27.7 Å². The van der Waals surface area contributed by atoms with Crippen molar-refractivity contribution in [2.24, 2.45) is 0 Å². The van der Waals surface area contributed by atoms with Crippen molar-refractivity contribution in [1.29, 1.82) is 0 Å². The average molecular weight is 1100 g/mol. The number of hydrogen-bond acceptors (Lipinski definition) is 15. The van der Waals surface area contributed by atoms with E-state index < -0.39 is 57.8 Å². The first-order valence-electron chi connectivity index (χ1n) is 25.5. The van der Waals surface area contributed by atoms with Crippen molar-refractivity contribution in [2.75, 3.05) is 39.3 Å². The van der Waals surface area contributed by atoms with E-state index in [4.69, 9.17) is 0 Å². The third kappa shape index (κ3) is 17.7. The first kappa shape index (κ1) is 62.3. The fraction of sp³-hybridized carbons (Fsp3) is 0.281. The first-order chi connectivity index (χ1) is 37.5. The zero-order valence-corrected chi connectivity index (χ0v) is 45.4. The van der Waals surface area contributed by atoms with Crippen LogP contribution in [-0.2, 0) is 50.6 Å². The highest BCUT2D eigenvalue weighted by Gasteiger charge is 2.36. The summed E-state index contributed by atoms with van der Waals surface area (Å²) in [6, 6.07) is 29.6. The zero-order chi connectivity index (χ0) is 58.0. The van der Waals surface area contributed by atoms with Gasteiger partial charge < -0.3 is 46.3 Å². The molecule has 0 aliphatic heterocycles. The predicted octanol–water partition coefficient (Wildman–Crippen LogP) is 2.45. The van der Waals surface area contributed by atoms with Gasteiger partial charge in [-0.25, -0.2) is 13.1 Å². The summed E-state index contributed by atoms with van der Waals surface area (Å²) in [7, 11) is -7.48. The van der Waals surface area contributed by atoms with E-state index in [1.807, 2.05) is 24.3 Å². The summed E-state index contributed by atoms with van der Waals surface area (Å²) < 4.78 is 27.5. The molecule has 0 aromatic heterocycles. The number of amides is 3. The lowest BCUT2D eigenvalue weighted by atomic mass is 9.77. The van der Waals surface area contributed by atoms with Crippen LogP contribution in [0.25, 0.3) is 0 Å². The van der Waals surface area contributed by atoms with Gasteiger partial charge in [-0.15, -0.1) is 0 Å². The van der Waals surface area contributed by atoms with Crippen LogP contribution in [0.5, 0.6) is 11.5 Å². The topological polar surface area (TPSA) is 295 Å². The molecule has 5 aromatic rings. The van der Waals surface area contributed by atoms with Gasteiger partial charge in [0.25, 0.3) is 0 Å². The fourth-order valence-corrected chi connectivity index (χ4v) is 9.67. The number of hydrogen-bond donors (Lipinski definition) is 10. The lowest BCUT2D eigenvalue weighted by Gasteiger charge is -2.25. The minimum absolute atomic E-state index is 0.0558. The van der Waals surface area contributed by atoms with Crippen molar-refractivity contribution in [3.8, 4) is 11.5 Å². The molecule has 0 bridgehead atoms. The van der Waals surface area contributed by atoms with E-state index in [9.17, 15) is 62.7 Å².